The van der Waals surface area contributed by atoms with Crippen LogP contribution >= 0.6 is 0 Å². The molecule has 0 fully saturated rings. The van der Waals surface area contributed by atoms with Crippen molar-refractivity contribution in [1.29, 1.82) is 0 Å². The summed E-state index contributed by atoms with van der Waals surface area (Å²) in [5, 5.41) is 3.47. The van der Waals surface area contributed by atoms with Gasteiger partial charge in [0.15, 0.2) is 0 Å². The Morgan fingerprint density at radius 2 is 1.76 bits per heavy atom. The van der Waals surface area contributed by atoms with Gasteiger partial charge in [-0.3, -0.25) is 0 Å². The number of nitrogens with one attached hydrogen (secondary N) is 1. The molecular weight excluding hydrogens is 260 g/mol. The average Bonchev–Trinajstić information content (AvgIpc) is 2.48. The number of rotatable bonds is 6. The predicted octanol–water partition coefficient (Wildman–Crippen LogP) is 4.07. The Labute approximate surface area is 127 Å². The molecule has 2 rings (SSSR count). The number of aryl methyl sites for hydroxylation is 1. The van der Waals surface area contributed by atoms with Crippen LogP contribution in [-0.2, 0) is 6.54 Å². The lowest BCUT2D eigenvalue weighted by molar-refractivity contribution is 0.340. The highest BCUT2D eigenvalue weighted by Crippen LogP contribution is 2.23. The molecular formula is C18H24N2O. The molecule has 112 valence electrons. The third kappa shape index (κ3) is 4.15. The lowest BCUT2D eigenvalue weighted by atomic mass is 10.1. The maximum Gasteiger partial charge on any atom is 0.119 e. The van der Waals surface area contributed by atoms with Crippen LogP contribution in [0.4, 0.5) is 11.4 Å². The molecule has 0 aliphatic heterocycles. The molecule has 2 aromatic carbocycles. The Morgan fingerprint density at radius 1 is 1.05 bits per heavy atom. The van der Waals surface area contributed by atoms with Crippen molar-refractivity contribution in [3.05, 3.63) is 53.6 Å². The van der Waals surface area contributed by atoms with E-state index in [4.69, 9.17) is 4.74 Å². The van der Waals surface area contributed by atoms with Crippen LogP contribution in [0.15, 0.2) is 42.5 Å². The fraction of sp³-hybridized carbons (Fsp3) is 0.333. The van der Waals surface area contributed by atoms with Crippen molar-refractivity contribution in [2.24, 2.45) is 0 Å². The summed E-state index contributed by atoms with van der Waals surface area (Å²) in [5.41, 5.74) is 4.90. The van der Waals surface area contributed by atoms with E-state index >= 15 is 0 Å². The molecule has 0 aromatic heterocycles. The van der Waals surface area contributed by atoms with E-state index in [0.717, 1.165) is 18.0 Å². The lowest BCUT2D eigenvalue weighted by Crippen LogP contribution is -2.10. The zero-order chi connectivity index (χ0) is 15.2. The summed E-state index contributed by atoms with van der Waals surface area (Å²) < 4.78 is 5.45. The summed E-state index contributed by atoms with van der Waals surface area (Å²) in [6.45, 7) is 5.64. The van der Waals surface area contributed by atoms with Crippen molar-refractivity contribution in [3.8, 4) is 5.75 Å². The molecule has 0 radical (unpaired) electrons. The first-order valence-electron chi connectivity index (χ1n) is 7.33. The molecule has 0 unspecified atom stereocenters. The van der Waals surface area contributed by atoms with Gasteiger partial charge < -0.3 is 15.0 Å². The maximum atomic E-state index is 5.45. The standard InChI is InChI=1S/C18H24N2O/c1-5-21-17-10-7-15(8-11-17)13-19-16-9-6-14(2)18(12-16)20(3)4/h6-12,19H,5,13H2,1-4H3. The van der Waals surface area contributed by atoms with E-state index < -0.39 is 0 Å². The van der Waals surface area contributed by atoms with Crippen LogP contribution < -0.4 is 15.0 Å². The summed E-state index contributed by atoms with van der Waals surface area (Å²) in [6, 6.07) is 14.7. The zero-order valence-corrected chi connectivity index (χ0v) is 13.3. The van der Waals surface area contributed by atoms with Crippen molar-refractivity contribution in [2.75, 3.05) is 30.9 Å². The van der Waals surface area contributed by atoms with Crippen molar-refractivity contribution >= 4 is 11.4 Å². The highest BCUT2D eigenvalue weighted by Gasteiger charge is 2.02. The molecule has 21 heavy (non-hydrogen) atoms. The normalized spacial score (nSPS) is 10.3. The molecule has 3 nitrogen and oxygen atoms in total. The Balaban J connectivity index is 2.01. The summed E-state index contributed by atoms with van der Waals surface area (Å²) >= 11 is 0. The van der Waals surface area contributed by atoms with Crippen molar-refractivity contribution < 1.29 is 4.74 Å². The molecule has 0 aliphatic carbocycles. The van der Waals surface area contributed by atoms with Gasteiger partial charge in [0, 0.05) is 32.0 Å². The largest absolute Gasteiger partial charge is 0.494 e. The van der Waals surface area contributed by atoms with Gasteiger partial charge in [-0.1, -0.05) is 18.2 Å². The van der Waals surface area contributed by atoms with Gasteiger partial charge >= 0.3 is 0 Å². The van der Waals surface area contributed by atoms with Gasteiger partial charge in [-0.25, -0.2) is 0 Å². The summed E-state index contributed by atoms with van der Waals surface area (Å²) in [4.78, 5) is 2.14. The number of hydrogen-bond acceptors (Lipinski definition) is 3. The smallest absolute Gasteiger partial charge is 0.119 e. The molecule has 2 aromatic rings. The molecule has 3 heteroatoms. The topological polar surface area (TPSA) is 24.5 Å². The van der Waals surface area contributed by atoms with Crippen LogP contribution in [0.3, 0.4) is 0 Å². The molecule has 1 N–H and O–H groups in total. The second-order valence-corrected chi connectivity index (χ2v) is 5.33. The highest BCUT2D eigenvalue weighted by molar-refractivity contribution is 5.61. The van der Waals surface area contributed by atoms with Crippen LogP contribution in [0.5, 0.6) is 5.75 Å². The minimum absolute atomic E-state index is 0.703. The Kier molecular flexibility index (Phi) is 5.09. The fourth-order valence-corrected chi connectivity index (χ4v) is 2.28. The number of anilines is 2. The van der Waals surface area contributed by atoms with E-state index in [2.05, 4.69) is 61.6 Å². The molecule has 0 amide bonds. The molecule has 0 bridgehead atoms. The van der Waals surface area contributed by atoms with E-state index in [-0.39, 0.29) is 0 Å². The quantitative estimate of drug-likeness (QED) is 0.865. The first kappa shape index (κ1) is 15.2. The van der Waals surface area contributed by atoms with Crippen LogP contribution in [-0.4, -0.2) is 20.7 Å². The van der Waals surface area contributed by atoms with E-state index in [0.29, 0.717) is 6.61 Å². The van der Waals surface area contributed by atoms with Gasteiger partial charge in [0.05, 0.1) is 6.61 Å². The number of nitrogens with zero attached hydrogens (tertiary/aromatic N) is 1. The van der Waals surface area contributed by atoms with Gasteiger partial charge in [0.1, 0.15) is 5.75 Å². The summed E-state index contributed by atoms with van der Waals surface area (Å²) in [7, 11) is 4.14. The van der Waals surface area contributed by atoms with Crippen molar-refractivity contribution in [3.63, 3.8) is 0 Å². The maximum absolute atomic E-state index is 5.45. The van der Waals surface area contributed by atoms with Gasteiger partial charge in [0.25, 0.3) is 0 Å². The zero-order valence-electron chi connectivity index (χ0n) is 13.3. The van der Waals surface area contributed by atoms with Crippen LogP contribution in [0.25, 0.3) is 0 Å². The second kappa shape index (κ2) is 7.02. The summed E-state index contributed by atoms with van der Waals surface area (Å²) in [6.07, 6.45) is 0. The highest BCUT2D eigenvalue weighted by atomic mass is 16.5. The third-order valence-corrected chi connectivity index (χ3v) is 3.42. The summed E-state index contributed by atoms with van der Waals surface area (Å²) in [5.74, 6) is 0.923. The minimum Gasteiger partial charge on any atom is -0.494 e. The Hall–Kier alpha value is -2.16. The Morgan fingerprint density at radius 3 is 2.38 bits per heavy atom. The first-order chi connectivity index (χ1) is 10.1. The van der Waals surface area contributed by atoms with Gasteiger partial charge in [0.2, 0.25) is 0 Å². The molecule has 0 saturated heterocycles. The fourth-order valence-electron chi connectivity index (χ4n) is 2.28. The second-order valence-electron chi connectivity index (χ2n) is 5.33. The SMILES string of the molecule is CCOc1ccc(CNc2ccc(C)c(N(C)C)c2)cc1. The third-order valence-electron chi connectivity index (χ3n) is 3.42. The van der Waals surface area contributed by atoms with E-state index in [9.17, 15) is 0 Å². The van der Waals surface area contributed by atoms with Gasteiger partial charge in [-0.15, -0.1) is 0 Å². The molecule has 0 spiro atoms. The van der Waals surface area contributed by atoms with E-state index in [1.807, 2.05) is 19.1 Å². The van der Waals surface area contributed by atoms with Crippen molar-refractivity contribution in [2.45, 2.75) is 20.4 Å². The number of ether oxygens (including phenoxy) is 1. The van der Waals surface area contributed by atoms with Gasteiger partial charge in [-0.05, 0) is 49.2 Å². The number of hydrogen-bond donors (Lipinski definition) is 1. The van der Waals surface area contributed by atoms with Crippen LogP contribution in [0.2, 0.25) is 0 Å². The van der Waals surface area contributed by atoms with E-state index in [1.165, 1.54) is 16.8 Å². The minimum atomic E-state index is 0.703. The first-order valence-corrected chi connectivity index (χ1v) is 7.33. The van der Waals surface area contributed by atoms with Gasteiger partial charge in [-0.2, -0.15) is 0 Å². The molecule has 0 heterocycles. The lowest BCUT2D eigenvalue weighted by Gasteiger charge is -2.17. The average molecular weight is 284 g/mol. The molecule has 0 atom stereocenters. The Bertz CT molecular complexity index is 576. The molecule has 0 saturated carbocycles. The predicted molar refractivity (Wildman–Crippen MR) is 90.4 cm³/mol. The van der Waals surface area contributed by atoms with Crippen LogP contribution in [0.1, 0.15) is 18.1 Å². The van der Waals surface area contributed by atoms with Crippen molar-refractivity contribution in [1.82, 2.24) is 0 Å². The number of benzene rings is 2. The van der Waals surface area contributed by atoms with Crippen LogP contribution in [0, 0.1) is 6.92 Å². The monoisotopic (exact) mass is 284 g/mol. The molecule has 0 aliphatic rings. The van der Waals surface area contributed by atoms with E-state index in [1.54, 1.807) is 0 Å².